The fraction of sp³-hybridized carbons (Fsp3) is 0.222. The molecule has 0 unspecified atom stereocenters. The Labute approximate surface area is 97.9 Å². The number of benzene rings is 1. The van der Waals surface area contributed by atoms with Crippen LogP contribution in [0.15, 0.2) is 28.1 Å². The third-order valence-electron chi connectivity index (χ3n) is 1.72. The molecule has 7 heteroatoms. The van der Waals surface area contributed by atoms with Crippen molar-refractivity contribution in [1.29, 1.82) is 0 Å². The van der Waals surface area contributed by atoms with Gasteiger partial charge in [0.15, 0.2) is 9.84 Å². The van der Waals surface area contributed by atoms with Crippen LogP contribution in [0.2, 0.25) is 0 Å². The van der Waals surface area contributed by atoms with Crippen LogP contribution in [0.1, 0.15) is 0 Å². The number of sulfone groups is 1. The van der Waals surface area contributed by atoms with Gasteiger partial charge in [0.1, 0.15) is 11.7 Å². The summed E-state index contributed by atoms with van der Waals surface area (Å²) < 4.78 is 35.7. The summed E-state index contributed by atoms with van der Waals surface area (Å²) in [4.78, 5) is 3.67. The van der Waals surface area contributed by atoms with E-state index >= 15 is 0 Å². The van der Waals surface area contributed by atoms with Crippen molar-refractivity contribution in [2.45, 2.75) is 4.90 Å². The highest BCUT2D eigenvalue weighted by Crippen LogP contribution is 2.25. The Morgan fingerprint density at radius 3 is 2.69 bits per heavy atom. The van der Waals surface area contributed by atoms with E-state index in [4.69, 9.17) is 17.3 Å². The number of hydrogen-bond acceptors (Lipinski definition) is 3. The minimum Gasteiger partial charge on any atom is -0.386 e. The number of rotatable bonds is 3. The first-order chi connectivity index (χ1) is 7.34. The first kappa shape index (κ1) is 12.9. The number of alkyl halides is 1. The Hall–Kier alpha value is -1.14. The lowest BCUT2D eigenvalue weighted by Crippen LogP contribution is -2.12. The molecule has 0 aliphatic rings. The van der Waals surface area contributed by atoms with Gasteiger partial charge < -0.3 is 5.73 Å². The van der Waals surface area contributed by atoms with Crippen LogP contribution in [-0.2, 0) is 9.84 Å². The van der Waals surface area contributed by atoms with Crippen LogP contribution in [0, 0.1) is 5.82 Å². The van der Waals surface area contributed by atoms with Gasteiger partial charge >= 0.3 is 0 Å². The predicted octanol–water partition coefficient (Wildman–Crippen LogP) is 1.46. The minimum absolute atomic E-state index is 0.0252. The van der Waals surface area contributed by atoms with E-state index in [2.05, 4.69) is 4.99 Å². The molecule has 4 nitrogen and oxygen atoms in total. The molecular weight excluding hydrogens is 255 g/mol. The lowest BCUT2D eigenvalue weighted by molar-refractivity contribution is 0.600. The zero-order valence-corrected chi connectivity index (χ0v) is 10.0. The van der Waals surface area contributed by atoms with Gasteiger partial charge in [-0.15, -0.1) is 11.6 Å². The molecule has 1 aromatic rings. The van der Waals surface area contributed by atoms with E-state index in [1.807, 2.05) is 0 Å². The Bertz CT molecular complexity index is 528. The molecule has 0 saturated carbocycles. The van der Waals surface area contributed by atoms with Crippen LogP contribution < -0.4 is 5.73 Å². The number of aliphatic imine (C=N–C) groups is 1. The number of hydrogen-bond donors (Lipinski definition) is 1. The molecule has 0 bridgehead atoms. The molecule has 0 spiro atoms. The highest BCUT2D eigenvalue weighted by atomic mass is 35.5. The summed E-state index contributed by atoms with van der Waals surface area (Å²) in [7, 11) is -3.48. The van der Waals surface area contributed by atoms with Crippen LogP contribution in [0.25, 0.3) is 0 Å². The topological polar surface area (TPSA) is 72.5 Å². The van der Waals surface area contributed by atoms with Gasteiger partial charge in [0.2, 0.25) is 0 Å². The standard InChI is InChI=1S/C9H10ClFN2O2S/c1-16(14,15)8-3-2-6(11)4-7(8)13-9(12)5-10/h2-4H,5H2,1H3,(H2,12,13). The lowest BCUT2D eigenvalue weighted by Gasteiger charge is -2.04. The zero-order valence-electron chi connectivity index (χ0n) is 8.44. The quantitative estimate of drug-likeness (QED) is 0.389. The minimum atomic E-state index is -3.48. The summed E-state index contributed by atoms with van der Waals surface area (Å²) >= 11 is 5.41. The van der Waals surface area contributed by atoms with E-state index in [-0.39, 0.29) is 22.3 Å². The van der Waals surface area contributed by atoms with Crippen LogP contribution >= 0.6 is 11.6 Å². The SMILES string of the molecule is CS(=O)(=O)c1ccc(F)cc1N=C(N)CCl. The van der Waals surface area contributed by atoms with Crippen molar-refractivity contribution in [2.75, 3.05) is 12.1 Å². The molecule has 0 amide bonds. The monoisotopic (exact) mass is 264 g/mol. The Kier molecular flexibility index (Phi) is 3.88. The average Bonchev–Trinajstić information content (AvgIpc) is 2.15. The third-order valence-corrected chi connectivity index (χ3v) is 3.14. The summed E-state index contributed by atoms with van der Waals surface area (Å²) in [6, 6.07) is 3.19. The average molecular weight is 265 g/mol. The van der Waals surface area contributed by atoms with E-state index in [0.717, 1.165) is 24.5 Å². The fourth-order valence-corrected chi connectivity index (χ4v) is 1.94. The molecule has 0 radical (unpaired) electrons. The van der Waals surface area contributed by atoms with Crippen molar-refractivity contribution < 1.29 is 12.8 Å². The van der Waals surface area contributed by atoms with Gasteiger partial charge in [-0.05, 0) is 12.1 Å². The molecule has 0 atom stereocenters. The summed E-state index contributed by atoms with van der Waals surface area (Å²) in [6.45, 7) is 0. The molecule has 0 aromatic heterocycles. The van der Waals surface area contributed by atoms with Gasteiger partial charge in [-0.25, -0.2) is 17.8 Å². The number of halogens is 2. The van der Waals surface area contributed by atoms with Gasteiger partial charge in [-0.2, -0.15) is 0 Å². The smallest absolute Gasteiger partial charge is 0.177 e. The largest absolute Gasteiger partial charge is 0.386 e. The molecule has 16 heavy (non-hydrogen) atoms. The second-order valence-electron chi connectivity index (χ2n) is 3.12. The molecule has 0 fully saturated rings. The van der Waals surface area contributed by atoms with E-state index in [1.54, 1.807) is 0 Å². The Morgan fingerprint density at radius 2 is 2.19 bits per heavy atom. The maximum Gasteiger partial charge on any atom is 0.177 e. The van der Waals surface area contributed by atoms with Gasteiger partial charge in [0.25, 0.3) is 0 Å². The van der Waals surface area contributed by atoms with Crippen molar-refractivity contribution in [2.24, 2.45) is 10.7 Å². The second-order valence-corrected chi connectivity index (χ2v) is 5.37. The van der Waals surface area contributed by atoms with E-state index in [9.17, 15) is 12.8 Å². The highest BCUT2D eigenvalue weighted by molar-refractivity contribution is 7.90. The molecule has 1 rings (SSSR count). The van der Waals surface area contributed by atoms with Crippen molar-refractivity contribution >= 4 is 33.0 Å². The van der Waals surface area contributed by atoms with Gasteiger partial charge in [-0.3, -0.25) is 0 Å². The normalized spacial score (nSPS) is 12.8. The molecule has 0 saturated heterocycles. The highest BCUT2D eigenvalue weighted by Gasteiger charge is 2.13. The van der Waals surface area contributed by atoms with Crippen molar-refractivity contribution in [3.8, 4) is 0 Å². The van der Waals surface area contributed by atoms with E-state index in [0.29, 0.717) is 0 Å². The summed E-state index contributed by atoms with van der Waals surface area (Å²) in [6.07, 6.45) is 1.01. The van der Waals surface area contributed by atoms with Crippen LogP contribution in [0.5, 0.6) is 0 Å². The summed E-state index contributed by atoms with van der Waals surface area (Å²) in [5, 5.41) is 0. The van der Waals surface area contributed by atoms with Crippen LogP contribution in [0.4, 0.5) is 10.1 Å². The number of amidine groups is 1. The number of nitrogens with zero attached hydrogens (tertiary/aromatic N) is 1. The van der Waals surface area contributed by atoms with E-state index in [1.165, 1.54) is 0 Å². The molecule has 1 aromatic carbocycles. The molecule has 0 heterocycles. The zero-order chi connectivity index (χ0) is 12.3. The Balaban J connectivity index is 3.41. The first-order valence-corrected chi connectivity index (χ1v) is 6.66. The molecule has 88 valence electrons. The number of nitrogens with two attached hydrogens (primary N) is 1. The van der Waals surface area contributed by atoms with Crippen molar-refractivity contribution in [1.82, 2.24) is 0 Å². The van der Waals surface area contributed by atoms with Gasteiger partial charge in [-0.1, -0.05) is 0 Å². The summed E-state index contributed by atoms with van der Waals surface area (Å²) in [5.41, 5.74) is 5.33. The van der Waals surface area contributed by atoms with Gasteiger partial charge in [0.05, 0.1) is 16.5 Å². The first-order valence-electron chi connectivity index (χ1n) is 4.23. The summed E-state index contributed by atoms with van der Waals surface area (Å²) in [5.74, 6) is -0.620. The van der Waals surface area contributed by atoms with Crippen LogP contribution in [-0.4, -0.2) is 26.4 Å². The third kappa shape index (κ3) is 3.18. The van der Waals surface area contributed by atoms with E-state index < -0.39 is 15.7 Å². The second kappa shape index (κ2) is 4.80. The maximum absolute atomic E-state index is 13.0. The Morgan fingerprint density at radius 1 is 1.56 bits per heavy atom. The fourth-order valence-electron chi connectivity index (χ4n) is 1.08. The molecule has 0 aliphatic heterocycles. The van der Waals surface area contributed by atoms with Crippen molar-refractivity contribution in [3.63, 3.8) is 0 Å². The van der Waals surface area contributed by atoms with Crippen LogP contribution in [0.3, 0.4) is 0 Å². The molecular formula is C9H10ClFN2O2S. The molecule has 0 aliphatic carbocycles. The van der Waals surface area contributed by atoms with Gasteiger partial charge in [0, 0.05) is 12.3 Å². The predicted molar refractivity (Wildman–Crippen MR) is 61.5 cm³/mol. The lowest BCUT2D eigenvalue weighted by atomic mass is 10.3. The molecule has 2 N–H and O–H groups in total. The van der Waals surface area contributed by atoms with Crippen molar-refractivity contribution in [3.05, 3.63) is 24.0 Å². The maximum atomic E-state index is 13.0.